The van der Waals surface area contributed by atoms with Gasteiger partial charge >= 0.3 is 0 Å². The topological polar surface area (TPSA) is 41.5 Å². The van der Waals surface area contributed by atoms with Gasteiger partial charge in [0.15, 0.2) is 11.0 Å². The number of rotatable bonds is 5. The molecule has 1 N–H and O–H groups in total. The van der Waals surface area contributed by atoms with E-state index in [1.165, 1.54) is 0 Å². The normalized spacial score (nSPS) is 16.9. The Balaban J connectivity index is 1.61. The fourth-order valence-corrected chi connectivity index (χ4v) is 3.71. The third-order valence-corrected chi connectivity index (χ3v) is 5.46. The van der Waals surface area contributed by atoms with Gasteiger partial charge in [-0.15, -0.1) is 0 Å². The third kappa shape index (κ3) is 5.06. The molecule has 0 amide bonds. The van der Waals surface area contributed by atoms with E-state index in [4.69, 9.17) is 0 Å². The Morgan fingerprint density at radius 3 is 2.60 bits per heavy atom. The first-order valence-corrected chi connectivity index (χ1v) is 9.97. The Morgan fingerprint density at radius 1 is 1.24 bits per heavy atom. The molecule has 0 saturated heterocycles. The number of anilines is 1. The molecular weight excluding hydrogens is 396 g/mol. The molecule has 128 valence electrons. The average molecular weight is 415 g/mol. The van der Waals surface area contributed by atoms with E-state index in [9.17, 15) is 4.79 Å². The zero-order chi connectivity index (χ0) is 17.6. The number of carbonyl (C=O) groups is 1. The lowest BCUT2D eigenvalue weighted by molar-refractivity contribution is 0.104. The van der Waals surface area contributed by atoms with Crippen LogP contribution in [0.3, 0.4) is 0 Å². The van der Waals surface area contributed by atoms with Crippen LogP contribution in [-0.4, -0.2) is 22.7 Å². The van der Waals surface area contributed by atoms with E-state index < -0.39 is 0 Å². The van der Waals surface area contributed by atoms with Crippen molar-refractivity contribution in [2.75, 3.05) is 11.1 Å². The van der Waals surface area contributed by atoms with Gasteiger partial charge in [0.2, 0.25) is 0 Å². The first kappa shape index (κ1) is 18.0. The number of halogens is 1. The van der Waals surface area contributed by atoms with Crippen molar-refractivity contribution in [3.05, 3.63) is 70.2 Å². The molecule has 3 rings (SSSR count). The van der Waals surface area contributed by atoms with Crippen molar-refractivity contribution in [2.45, 2.75) is 19.4 Å². The molecule has 1 heterocycles. The lowest BCUT2D eigenvalue weighted by atomic mass is 10.1. The van der Waals surface area contributed by atoms with Crippen LogP contribution in [0.2, 0.25) is 0 Å². The lowest BCUT2D eigenvalue weighted by Gasteiger charge is -2.05. The van der Waals surface area contributed by atoms with Crippen molar-refractivity contribution in [1.29, 1.82) is 0 Å². The summed E-state index contributed by atoms with van der Waals surface area (Å²) in [5.74, 6) is 1.03. The van der Waals surface area contributed by atoms with Crippen molar-refractivity contribution in [3.63, 3.8) is 0 Å². The first-order valence-electron chi connectivity index (χ1n) is 8.19. The number of nitrogens with one attached hydrogen (secondary N) is 1. The maximum Gasteiger partial charge on any atom is 0.185 e. The van der Waals surface area contributed by atoms with Gasteiger partial charge in [0.1, 0.15) is 0 Å². The van der Waals surface area contributed by atoms with Crippen molar-refractivity contribution in [1.82, 2.24) is 0 Å². The Bertz CT molecular complexity index is 797. The molecule has 1 atom stereocenters. The molecule has 2 aromatic carbocycles. The number of allylic oxidation sites excluding steroid dienone is 1. The van der Waals surface area contributed by atoms with Crippen LogP contribution in [0.4, 0.5) is 5.69 Å². The van der Waals surface area contributed by atoms with Gasteiger partial charge in [-0.25, -0.2) is 0 Å². The minimum Gasteiger partial charge on any atom is -0.335 e. The molecule has 1 aliphatic heterocycles. The molecule has 0 aliphatic carbocycles. The maximum absolute atomic E-state index is 12.3. The Kier molecular flexibility index (Phi) is 6.10. The van der Waals surface area contributed by atoms with Crippen LogP contribution in [-0.2, 0) is 0 Å². The molecule has 0 radical (unpaired) electrons. The summed E-state index contributed by atoms with van der Waals surface area (Å²) in [5, 5.41) is 4.27. The summed E-state index contributed by atoms with van der Waals surface area (Å²) in [4.78, 5) is 16.9. The zero-order valence-corrected chi connectivity index (χ0v) is 16.3. The van der Waals surface area contributed by atoms with Gasteiger partial charge in [-0.1, -0.05) is 52.8 Å². The number of hydrogen-bond donors (Lipinski definition) is 1. The summed E-state index contributed by atoms with van der Waals surface area (Å²) in [5.41, 5.74) is 2.62. The molecule has 0 spiro atoms. The smallest absolute Gasteiger partial charge is 0.185 e. The molecule has 0 unspecified atom stereocenters. The monoisotopic (exact) mass is 414 g/mol. The van der Waals surface area contributed by atoms with Crippen LogP contribution in [0.5, 0.6) is 0 Å². The highest BCUT2D eigenvalue weighted by molar-refractivity contribution is 9.10. The number of aliphatic imine (C=N–C) groups is 1. The van der Waals surface area contributed by atoms with Crippen LogP contribution in [0, 0.1) is 0 Å². The van der Waals surface area contributed by atoms with Gasteiger partial charge in [0, 0.05) is 21.5 Å². The standard InChI is InChI=1S/C20H19BrN2OS/c1-2-17-13-25-20(22-17)23-18-10-6-15(7-11-18)19(24)12-5-14-3-8-16(21)9-4-14/h3-12,17H,2,13H2,1H3,(H,22,23)/b12-5+/t17-/m1/s1. The molecule has 2 aromatic rings. The zero-order valence-electron chi connectivity index (χ0n) is 13.9. The maximum atomic E-state index is 12.3. The fourth-order valence-electron chi connectivity index (χ4n) is 2.38. The lowest BCUT2D eigenvalue weighted by Crippen LogP contribution is -2.05. The van der Waals surface area contributed by atoms with Crippen molar-refractivity contribution >= 4 is 50.4 Å². The van der Waals surface area contributed by atoms with E-state index >= 15 is 0 Å². The number of nitrogens with zero attached hydrogens (tertiary/aromatic N) is 1. The van der Waals surface area contributed by atoms with Crippen molar-refractivity contribution < 1.29 is 4.79 Å². The van der Waals surface area contributed by atoms with Crippen LogP contribution in [0.15, 0.2) is 64.1 Å². The summed E-state index contributed by atoms with van der Waals surface area (Å²) < 4.78 is 1.02. The Labute approximate surface area is 160 Å². The number of thioether (sulfide) groups is 1. The minimum atomic E-state index is -0.00639. The Hall–Kier alpha value is -1.85. The number of amidine groups is 1. The summed E-state index contributed by atoms with van der Waals surface area (Å²) in [6, 6.07) is 15.8. The van der Waals surface area contributed by atoms with Crippen molar-refractivity contribution in [3.8, 4) is 0 Å². The fraction of sp³-hybridized carbons (Fsp3) is 0.200. The van der Waals surface area contributed by atoms with Crippen LogP contribution in [0.1, 0.15) is 29.3 Å². The second-order valence-electron chi connectivity index (χ2n) is 5.76. The highest BCUT2D eigenvalue weighted by Gasteiger charge is 2.16. The number of benzene rings is 2. The number of ketones is 1. The quantitative estimate of drug-likeness (QED) is 0.508. The van der Waals surface area contributed by atoms with E-state index in [2.05, 4.69) is 33.2 Å². The average Bonchev–Trinajstić information content (AvgIpc) is 3.09. The van der Waals surface area contributed by atoms with E-state index in [0.717, 1.165) is 33.1 Å². The summed E-state index contributed by atoms with van der Waals surface area (Å²) in [7, 11) is 0. The first-order chi connectivity index (χ1) is 12.1. The van der Waals surface area contributed by atoms with Gasteiger partial charge in [-0.3, -0.25) is 9.79 Å². The molecule has 0 bridgehead atoms. The molecule has 25 heavy (non-hydrogen) atoms. The molecule has 5 heteroatoms. The van der Waals surface area contributed by atoms with Gasteiger partial charge in [-0.05, 0) is 54.5 Å². The van der Waals surface area contributed by atoms with E-state index in [-0.39, 0.29) is 5.78 Å². The summed E-state index contributed by atoms with van der Waals surface area (Å²) >= 11 is 5.15. The van der Waals surface area contributed by atoms with Crippen LogP contribution < -0.4 is 5.32 Å². The predicted octanol–water partition coefficient (Wildman–Crippen LogP) is 5.64. The van der Waals surface area contributed by atoms with Gasteiger partial charge < -0.3 is 5.32 Å². The number of carbonyl (C=O) groups excluding carboxylic acids is 1. The van der Waals surface area contributed by atoms with Crippen LogP contribution >= 0.6 is 27.7 Å². The highest BCUT2D eigenvalue weighted by atomic mass is 79.9. The van der Waals surface area contributed by atoms with Gasteiger partial charge in [0.25, 0.3) is 0 Å². The largest absolute Gasteiger partial charge is 0.335 e. The number of hydrogen-bond acceptors (Lipinski definition) is 4. The van der Waals surface area contributed by atoms with E-state index in [1.54, 1.807) is 17.8 Å². The summed E-state index contributed by atoms with van der Waals surface area (Å²) in [6.45, 7) is 2.15. The Morgan fingerprint density at radius 2 is 1.96 bits per heavy atom. The van der Waals surface area contributed by atoms with Gasteiger partial charge in [0.05, 0.1) is 6.04 Å². The SMILES string of the molecule is CC[C@@H]1CSC(Nc2ccc(C(=O)/C=C/c3ccc(Br)cc3)cc2)=N1. The highest BCUT2D eigenvalue weighted by Crippen LogP contribution is 2.22. The molecule has 0 aromatic heterocycles. The van der Waals surface area contributed by atoms with E-state index in [0.29, 0.717) is 11.6 Å². The molecule has 0 saturated carbocycles. The molecular formula is C20H19BrN2OS. The summed E-state index contributed by atoms with van der Waals surface area (Å²) in [6.07, 6.45) is 4.50. The minimum absolute atomic E-state index is 0.00639. The van der Waals surface area contributed by atoms with Crippen molar-refractivity contribution in [2.24, 2.45) is 4.99 Å². The third-order valence-electron chi connectivity index (χ3n) is 3.90. The van der Waals surface area contributed by atoms with Gasteiger partial charge in [-0.2, -0.15) is 0 Å². The van der Waals surface area contributed by atoms with E-state index in [1.807, 2.05) is 54.6 Å². The predicted molar refractivity (Wildman–Crippen MR) is 112 cm³/mol. The second kappa shape index (κ2) is 8.50. The second-order valence-corrected chi connectivity index (χ2v) is 7.68. The molecule has 1 aliphatic rings. The molecule has 0 fully saturated rings. The molecule has 3 nitrogen and oxygen atoms in total. The van der Waals surface area contributed by atoms with Crippen LogP contribution in [0.25, 0.3) is 6.08 Å².